The predicted molar refractivity (Wildman–Crippen MR) is 135 cm³/mol. The molecule has 0 atom stereocenters. The molecule has 1 fully saturated rings. The predicted octanol–water partition coefficient (Wildman–Crippen LogP) is 5.96. The van der Waals surface area contributed by atoms with E-state index in [-0.39, 0.29) is 11.9 Å². The second kappa shape index (κ2) is 12.2. The summed E-state index contributed by atoms with van der Waals surface area (Å²) in [6, 6.07) is 15.7. The number of rotatable bonds is 10. The maximum Gasteiger partial charge on any atom is 0.305 e. The van der Waals surface area contributed by atoms with Gasteiger partial charge in [0.15, 0.2) is 0 Å². The number of methoxy groups -OCH3 is 1. The molecule has 3 rings (SSSR count). The molecule has 1 saturated heterocycles. The number of carbonyl (C=O) groups is 2. The molecule has 168 valence electrons. The first kappa shape index (κ1) is 24.5. The number of ether oxygens (including phenoxy) is 2. The van der Waals surface area contributed by atoms with E-state index in [2.05, 4.69) is 20.7 Å². The molecule has 0 bridgehead atoms. The van der Waals surface area contributed by atoms with Crippen molar-refractivity contribution in [3.63, 3.8) is 0 Å². The van der Waals surface area contributed by atoms with Gasteiger partial charge >= 0.3 is 5.97 Å². The van der Waals surface area contributed by atoms with Gasteiger partial charge in [0, 0.05) is 23.0 Å². The summed E-state index contributed by atoms with van der Waals surface area (Å²) < 4.78 is 12.1. The van der Waals surface area contributed by atoms with Gasteiger partial charge in [-0.1, -0.05) is 76.7 Å². The van der Waals surface area contributed by atoms with E-state index in [9.17, 15) is 9.59 Å². The maximum atomic E-state index is 12.9. The highest BCUT2D eigenvalue weighted by Gasteiger charge is 2.31. The fourth-order valence-corrected chi connectivity index (χ4v) is 4.83. The Labute approximate surface area is 206 Å². The number of esters is 1. The van der Waals surface area contributed by atoms with Crippen LogP contribution in [-0.4, -0.2) is 34.8 Å². The minimum absolute atomic E-state index is 0.0954. The van der Waals surface area contributed by atoms with Gasteiger partial charge in [-0.05, 0) is 42.7 Å². The molecule has 1 heterocycles. The number of amides is 1. The number of halogens is 1. The van der Waals surface area contributed by atoms with Crippen molar-refractivity contribution in [3.8, 4) is 5.75 Å². The van der Waals surface area contributed by atoms with Gasteiger partial charge in [-0.2, -0.15) is 0 Å². The molecule has 2 aromatic carbocycles. The van der Waals surface area contributed by atoms with Crippen LogP contribution < -0.4 is 4.74 Å². The van der Waals surface area contributed by atoms with Gasteiger partial charge in [0.2, 0.25) is 0 Å². The van der Waals surface area contributed by atoms with Gasteiger partial charge in [0.05, 0.1) is 12.0 Å². The molecule has 0 N–H and O–H groups in total. The van der Waals surface area contributed by atoms with Crippen molar-refractivity contribution in [3.05, 3.63) is 69.0 Å². The number of thiocarbonyl (C=S) groups is 1. The van der Waals surface area contributed by atoms with Crippen LogP contribution in [0, 0.1) is 0 Å². The summed E-state index contributed by atoms with van der Waals surface area (Å²) in [7, 11) is 1.39. The lowest BCUT2D eigenvalue weighted by atomic mass is 10.1. The van der Waals surface area contributed by atoms with Crippen LogP contribution in [0.25, 0.3) is 6.08 Å². The second-order valence-electron chi connectivity index (χ2n) is 7.18. The number of thioether (sulfide) groups is 1. The lowest BCUT2D eigenvalue weighted by Crippen LogP contribution is -2.29. The summed E-state index contributed by atoms with van der Waals surface area (Å²) in [5, 5.41) is 0. The zero-order chi connectivity index (χ0) is 22.9. The molecule has 0 spiro atoms. The second-order valence-corrected chi connectivity index (χ2v) is 9.77. The van der Waals surface area contributed by atoms with Gasteiger partial charge in [-0.25, -0.2) is 0 Å². The van der Waals surface area contributed by atoms with Crippen LogP contribution >= 0.6 is 39.9 Å². The summed E-state index contributed by atoms with van der Waals surface area (Å²) in [4.78, 5) is 26.3. The normalized spacial score (nSPS) is 14.8. The summed E-state index contributed by atoms with van der Waals surface area (Å²) in [6.45, 7) is 0.981. The van der Waals surface area contributed by atoms with E-state index < -0.39 is 0 Å². The average Bonchev–Trinajstić information content (AvgIpc) is 3.06. The summed E-state index contributed by atoms with van der Waals surface area (Å²) >= 11 is 10.2. The molecule has 0 radical (unpaired) electrons. The molecule has 1 aliphatic rings. The van der Waals surface area contributed by atoms with Crippen LogP contribution in [-0.2, 0) is 20.9 Å². The first-order valence-corrected chi connectivity index (χ1v) is 12.3. The first-order chi connectivity index (χ1) is 15.5. The molecule has 5 nitrogen and oxygen atoms in total. The Kier molecular flexibility index (Phi) is 9.32. The molecular weight excluding hydrogens is 510 g/mol. The minimum atomic E-state index is -0.210. The Balaban J connectivity index is 1.64. The molecule has 1 amide bonds. The Morgan fingerprint density at radius 3 is 2.69 bits per heavy atom. The van der Waals surface area contributed by atoms with Crippen LogP contribution in [0.1, 0.15) is 36.8 Å². The van der Waals surface area contributed by atoms with Crippen molar-refractivity contribution in [2.45, 2.75) is 32.3 Å². The van der Waals surface area contributed by atoms with E-state index in [0.717, 1.165) is 34.9 Å². The van der Waals surface area contributed by atoms with Crippen LogP contribution in [0.4, 0.5) is 0 Å². The van der Waals surface area contributed by atoms with Gasteiger partial charge < -0.3 is 9.47 Å². The zero-order valence-electron chi connectivity index (χ0n) is 17.7. The van der Waals surface area contributed by atoms with Crippen molar-refractivity contribution < 1.29 is 19.1 Å². The van der Waals surface area contributed by atoms with Crippen LogP contribution in [0.5, 0.6) is 5.75 Å². The van der Waals surface area contributed by atoms with Gasteiger partial charge in [-0.3, -0.25) is 14.5 Å². The Bertz CT molecular complexity index is 1010. The molecule has 0 unspecified atom stereocenters. The summed E-state index contributed by atoms with van der Waals surface area (Å²) in [5.74, 6) is 0.393. The van der Waals surface area contributed by atoms with Crippen molar-refractivity contribution in [1.82, 2.24) is 4.90 Å². The number of benzene rings is 2. The topological polar surface area (TPSA) is 55.8 Å². The number of nitrogens with zero attached hydrogens (tertiary/aromatic N) is 1. The van der Waals surface area contributed by atoms with E-state index in [1.807, 2.05) is 54.6 Å². The van der Waals surface area contributed by atoms with Crippen molar-refractivity contribution in [2.75, 3.05) is 13.7 Å². The monoisotopic (exact) mass is 533 g/mol. The number of carbonyl (C=O) groups excluding carboxylic acids is 2. The molecule has 0 saturated carbocycles. The Morgan fingerprint density at radius 1 is 1.16 bits per heavy atom. The smallest absolute Gasteiger partial charge is 0.305 e. The van der Waals surface area contributed by atoms with Crippen molar-refractivity contribution in [1.29, 1.82) is 0 Å². The Morgan fingerprint density at radius 2 is 1.94 bits per heavy atom. The van der Waals surface area contributed by atoms with Crippen LogP contribution in [0.2, 0.25) is 0 Å². The number of hydrogen-bond donors (Lipinski definition) is 0. The lowest BCUT2D eigenvalue weighted by molar-refractivity contribution is -0.140. The highest BCUT2D eigenvalue weighted by molar-refractivity contribution is 9.10. The van der Waals surface area contributed by atoms with E-state index in [4.69, 9.17) is 17.0 Å². The third kappa shape index (κ3) is 6.92. The van der Waals surface area contributed by atoms with E-state index >= 15 is 0 Å². The van der Waals surface area contributed by atoms with Gasteiger partial charge in [0.1, 0.15) is 16.7 Å². The van der Waals surface area contributed by atoms with E-state index in [0.29, 0.717) is 34.5 Å². The summed E-state index contributed by atoms with van der Waals surface area (Å²) in [6.07, 6.45) is 4.57. The fraction of sp³-hybridized carbons (Fsp3) is 0.292. The molecular formula is C24H24BrNO4S2. The molecule has 8 heteroatoms. The maximum absolute atomic E-state index is 12.9. The lowest BCUT2D eigenvalue weighted by Gasteiger charge is -2.14. The highest BCUT2D eigenvalue weighted by atomic mass is 79.9. The fourth-order valence-electron chi connectivity index (χ4n) is 3.15. The van der Waals surface area contributed by atoms with Gasteiger partial charge in [-0.15, -0.1) is 0 Å². The Hall–Kier alpha value is -2.16. The number of unbranched alkanes of at least 4 members (excludes halogenated alkanes) is 2. The zero-order valence-corrected chi connectivity index (χ0v) is 20.9. The van der Waals surface area contributed by atoms with Crippen molar-refractivity contribution >= 4 is 62.2 Å². The molecule has 2 aromatic rings. The van der Waals surface area contributed by atoms with Gasteiger partial charge in [0.25, 0.3) is 5.91 Å². The largest absolute Gasteiger partial charge is 0.488 e. The molecule has 0 aliphatic carbocycles. The number of hydrogen-bond acceptors (Lipinski definition) is 6. The SMILES string of the molecule is COC(=O)CCCCCN1C(=O)/C(=C/c2cc(Br)ccc2OCc2ccccc2)SC1=S. The van der Waals surface area contributed by atoms with Crippen LogP contribution in [0.3, 0.4) is 0 Å². The first-order valence-electron chi connectivity index (χ1n) is 10.3. The summed E-state index contributed by atoms with van der Waals surface area (Å²) in [5.41, 5.74) is 1.88. The average molecular weight is 534 g/mol. The third-order valence-electron chi connectivity index (χ3n) is 4.86. The van der Waals surface area contributed by atoms with Crippen LogP contribution in [0.15, 0.2) is 57.9 Å². The standard InChI is InChI=1S/C24H24BrNO4S2/c1-29-22(27)10-6-3-7-13-26-23(28)21(32-24(26)31)15-18-14-19(25)11-12-20(18)30-16-17-8-4-2-5-9-17/h2,4-5,8-9,11-12,14-15H,3,6-7,10,13,16H2,1H3/b21-15-. The molecule has 0 aromatic heterocycles. The molecule has 32 heavy (non-hydrogen) atoms. The molecule has 1 aliphatic heterocycles. The highest BCUT2D eigenvalue weighted by Crippen LogP contribution is 2.35. The van der Waals surface area contributed by atoms with E-state index in [1.165, 1.54) is 18.9 Å². The minimum Gasteiger partial charge on any atom is -0.488 e. The van der Waals surface area contributed by atoms with Crippen molar-refractivity contribution in [2.24, 2.45) is 0 Å². The quantitative estimate of drug-likeness (QED) is 0.162. The van der Waals surface area contributed by atoms with E-state index in [1.54, 1.807) is 4.90 Å². The third-order valence-corrected chi connectivity index (χ3v) is 6.73.